The highest BCUT2D eigenvalue weighted by atomic mass is 16.5. The van der Waals surface area contributed by atoms with E-state index in [-0.39, 0.29) is 17.6 Å². The van der Waals surface area contributed by atoms with Gasteiger partial charge in [0.15, 0.2) is 11.5 Å². The molecule has 0 radical (unpaired) electrons. The van der Waals surface area contributed by atoms with Crippen molar-refractivity contribution in [3.63, 3.8) is 0 Å². The molecule has 0 amide bonds. The number of carbonyl (C=O) groups excluding carboxylic acids is 1. The molecule has 1 atom stereocenters. The highest BCUT2D eigenvalue weighted by molar-refractivity contribution is 5.72. The minimum absolute atomic E-state index is 0.00166. The molecule has 1 aliphatic heterocycles. The van der Waals surface area contributed by atoms with E-state index in [4.69, 9.17) is 14.2 Å². The lowest BCUT2D eigenvalue weighted by atomic mass is 9.97. The first-order chi connectivity index (χ1) is 11.1. The smallest absolute Gasteiger partial charge is 0.310 e. The van der Waals surface area contributed by atoms with E-state index in [1.165, 1.54) is 14.2 Å². The molecule has 2 rings (SSSR count). The summed E-state index contributed by atoms with van der Waals surface area (Å²) < 4.78 is 15.5. The summed E-state index contributed by atoms with van der Waals surface area (Å²) in [5.41, 5.74) is 0.973. The van der Waals surface area contributed by atoms with Gasteiger partial charge in [0.25, 0.3) is 0 Å². The molecule has 1 N–H and O–H groups in total. The normalized spacial score (nSPS) is 18.5. The zero-order chi connectivity index (χ0) is 16.8. The van der Waals surface area contributed by atoms with Crippen LogP contribution in [0.2, 0.25) is 0 Å². The fourth-order valence-electron chi connectivity index (χ4n) is 2.95. The van der Waals surface area contributed by atoms with Gasteiger partial charge in [0.1, 0.15) is 0 Å². The summed E-state index contributed by atoms with van der Waals surface area (Å²) in [6.07, 6.45) is 1.84. The third-order valence-corrected chi connectivity index (χ3v) is 4.07. The van der Waals surface area contributed by atoms with Gasteiger partial charge in [-0.1, -0.05) is 0 Å². The van der Waals surface area contributed by atoms with Gasteiger partial charge in [-0.25, -0.2) is 0 Å². The van der Waals surface area contributed by atoms with Crippen molar-refractivity contribution in [2.45, 2.75) is 26.3 Å². The Balaban J connectivity index is 2.08. The number of carbonyl (C=O) groups is 1. The molecule has 6 heteroatoms. The van der Waals surface area contributed by atoms with Crippen LogP contribution in [0.4, 0.5) is 0 Å². The topological polar surface area (TPSA) is 68.2 Å². The SMILES string of the molecule is CCOC(=O)[C@@H]1CCCN(Cc2cc(OC)c(O)c(OC)c2)C1. The van der Waals surface area contributed by atoms with E-state index in [0.29, 0.717) is 31.2 Å². The number of hydrogen-bond donors (Lipinski definition) is 1. The Morgan fingerprint density at radius 3 is 2.52 bits per heavy atom. The van der Waals surface area contributed by atoms with Crippen molar-refractivity contribution in [3.05, 3.63) is 17.7 Å². The van der Waals surface area contributed by atoms with Crippen molar-refractivity contribution in [1.82, 2.24) is 4.90 Å². The first kappa shape index (κ1) is 17.4. The van der Waals surface area contributed by atoms with Crippen molar-refractivity contribution in [3.8, 4) is 17.2 Å². The summed E-state index contributed by atoms with van der Waals surface area (Å²) in [5, 5.41) is 9.97. The number of methoxy groups -OCH3 is 2. The highest BCUT2D eigenvalue weighted by Crippen LogP contribution is 2.37. The monoisotopic (exact) mass is 323 g/mol. The molecule has 1 aliphatic rings. The van der Waals surface area contributed by atoms with Crippen LogP contribution in [0.5, 0.6) is 17.2 Å². The molecule has 0 spiro atoms. The lowest BCUT2D eigenvalue weighted by Crippen LogP contribution is -2.38. The second-order valence-corrected chi connectivity index (χ2v) is 5.68. The second kappa shape index (κ2) is 8.06. The van der Waals surface area contributed by atoms with Crippen LogP contribution in [0.15, 0.2) is 12.1 Å². The number of rotatable bonds is 6. The fraction of sp³-hybridized carbons (Fsp3) is 0.588. The minimum Gasteiger partial charge on any atom is -0.502 e. The van der Waals surface area contributed by atoms with E-state index in [2.05, 4.69) is 4.90 Å². The molecule has 1 aromatic rings. The quantitative estimate of drug-likeness (QED) is 0.809. The number of nitrogens with zero attached hydrogens (tertiary/aromatic N) is 1. The fourth-order valence-corrected chi connectivity index (χ4v) is 2.95. The summed E-state index contributed by atoms with van der Waals surface area (Å²) in [7, 11) is 3.02. The van der Waals surface area contributed by atoms with Gasteiger partial charge < -0.3 is 19.3 Å². The van der Waals surface area contributed by atoms with E-state index in [9.17, 15) is 9.90 Å². The third kappa shape index (κ3) is 4.28. The van der Waals surface area contributed by atoms with E-state index < -0.39 is 0 Å². The zero-order valence-corrected chi connectivity index (χ0v) is 14.0. The van der Waals surface area contributed by atoms with Crippen molar-refractivity contribution in [1.29, 1.82) is 0 Å². The van der Waals surface area contributed by atoms with Gasteiger partial charge in [-0.15, -0.1) is 0 Å². The number of ether oxygens (including phenoxy) is 3. The van der Waals surface area contributed by atoms with E-state index in [1.807, 2.05) is 6.92 Å². The predicted octanol–water partition coefficient (Wildman–Crippen LogP) is 2.18. The number of esters is 1. The van der Waals surface area contributed by atoms with Gasteiger partial charge >= 0.3 is 5.97 Å². The number of likely N-dealkylation sites (tertiary alicyclic amines) is 1. The lowest BCUT2D eigenvalue weighted by Gasteiger charge is -2.31. The number of phenolic OH excluding ortho intramolecular Hbond substituents is 1. The van der Waals surface area contributed by atoms with Crippen LogP contribution in [0.3, 0.4) is 0 Å². The van der Waals surface area contributed by atoms with Crippen molar-refractivity contribution in [2.75, 3.05) is 33.9 Å². The first-order valence-corrected chi connectivity index (χ1v) is 7.91. The molecular weight excluding hydrogens is 298 g/mol. The lowest BCUT2D eigenvalue weighted by molar-refractivity contribution is -0.150. The number of phenols is 1. The molecule has 23 heavy (non-hydrogen) atoms. The summed E-state index contributed by atoms with van der Waals surface area (Å²) in [6, 6.07) is 3.59. The van der Waals surface area contributed by atoms with Crippen LogP contribution in [0.1, 0.15) is 25.3 Å². The molecule has 128 valence electrons. The molecule has 0 unspecified atom stereocenters. The molecule has 1 saturated heterocycles. The molecule has 1 fully saturated rings. The molecule has 0 saturated carbocycles. The van der Waals surface area contributed by atoms with Crippen LogP contribution >= 0.6 is 0 Å². The summed E-state index contributed by atoms with van der Waals surface area (Å²) >= 11 is 0. The standard InChI is InChI=1S/C17H25NO5/c1-4-23-17(20)13-6-5-7-18(11-13)10-12-8-14(21-2)16(19)15(9-12)22-3/h8-9,13,19H,4-7,10-11H2,1-3H3/t13-/m1/s1. The number of aromatic hydroxyl groups is 1. The summed E-state index contributed by atoms with van der Waals surface area (Å²) in [6.45, 7) is 4.53. The number of benzene rings is 1. The molecule has 1 heterocycles. The van der Waals surface area contributed by atoms with Crippen molar-refractivity contribution >= 4 is 5.97 Å². The summed E-state index contributed by atoms with van der Waals surface area (Å²) in [4.78, 5) is 14.1. The van der Waals surface area contributed by atoms with Gasteiger partial charge in [0, 0.05) is 13.1 Å². The average Bonchev–Trinajstić information content (AvgIpc) is 2.56. The molecule has 0 aromatic heterocycles. The molecule has 6 nitrogen and oxygen atoms in total. The van der Waals surface area contributed by atoms with Crippen LogP contribution in [-0.2, 0) is 16.1 Å². The Labute approximate surface area is 136 Å². The highest BCUT2D eigenvalue weighted by Gasteiger charge is 2.27. The summed E-state index contributed by atoms with van der Waals surface area (Å²) in [5.74, 6) is 0.598. The maximum absolute atomic E-state index is 11.9. The van der Waals surface area contributed by atoms with Crippen molar-refractivity contribution in [2.24, 2.45) is 5.92 Å². The number of hydrogen-bond acceptors (Lipinski definition) is 6. The van der Waals surface area contributed by atoms with Crippen molar-refractivity contribution < 1.29 is 24.1 Å². The van der Waals surface area contributed by atoms with E-state index in [1.54, 1.807) is 12.1 Å². The first-order valence-electron chi connectivity index (χ1n) is 7.91. The van der Waals surface area contributed by atoms with Gasteiger partial charge in [-0.3, -0.25) is 9.69 Å². The van der Waals surface area contributed by atoms with Gasteiger partial charge in [0.2, 0.25) is 5.75 Å². The van der Waals surface area contributed by atoms with Gasteiger partial charge in [0.05, 0.1) is 26.7 Å². The maximum atomic E-state index is 11.9. The van der Waals surface area contributed by atoms with Gasteiger partial charge in [-0.05, 0) is 44.0 Å². The largest absolute Gasteiger partial charge is 0.502 e. The van der Waals surface area contributed by atoms with Crippen LogP contribution < -0.4 is 9.47 Å². The minimum atomic E-state index is -0.113. The van der Waals surface area contributed by atoms with E-state index in [0.717, 1.165) is 24.9 Å². The van der Waals surface area contributed by atoms with E-state index >= 15 is 0 Å². The molecule has 0 aliphatic carbocycles. The second-order valence-electron chi connectivity index (χ2n) is 5.68. The average molecular weight is 323 g/mol. The van der Waals surface area contributed by atoms with Crippen LogP contribution in [0.25, 0.3) is 0 Å². The predicted molar refractivity (Wildman–Crippen MR) is 85.8 cm³/mol. The Bertz CT molecular complexity index is 521. The Kier molecular flexibility index (Phi) is 6.10. The maximum Gasteiger partial charge on any atom is 0.310 e. The van der Waals surface area contributed by atoms with Crippen LogP contribution in [0, 0.1) is 5.92 Å². The molecule has 0 bridgehead atoms. The number of piperidine rings is 1. The zero-order valence-electron chi connectivity index (χ0n) is 14.0. The Hall–Kier alpha value is -1.95. The Morgan fingerprint density at radius 2 is 1.96 bits per heavy atom. The van der Waals surface area contributed by atoms with Gasteiger partial charge in [-0.2, -0.15) is 0 Å². The third-order valence-electron chi connectivity index (χ3n) is 4.07. The molecule has 1 aromatic carbocycles. The molecular formula is C17H25NO5. The van der Waals surface area contributed by atoms with Crippen LogP contribution in [-0.4, -0.2) is 49.9 Å². The Morgan fingerprint density at radius 1 is 1.30 bits per heavy atom.